The van der Waals surface area contributed by atoms with Crippen LogP contribution in [0.25, 0.3) is 6.08 Å². The third-order valence-corrected chi connectivity index (χ3v) is 5.76. The van der Waals surface area contributed by atoms with Crippen molar-refractivity contribution in [2.75, 3.05) is 25.7 Å². The van der Waals surface area contributed by atoms with E-state index in [0.29, 0.717) is 28.8 Å². The number of thioether (sulfide) groups is 2. The van der Waals surface area contributed by atoms with Crippen LogP contribution in [0.4, 0.5) is 0 Å². The number of carboxylic acids is 1. The summed E-state index contributed by atoms with van der Waals surface area (Å²) < 4.78 is 11.0. The number of hydrogen-bond donors (Lipinski definition) is 0. The SMILES string of the molecule is CCOc1ccc(/C=C2\SC(=S)N([C@H](CCSC)C(=O)[O-])C2=O)cc1OC. The molecule has 146 valence electrons. The number of amides is 1. The second-order valence-electron chi connectivity index (χ2n) is 5.51. The molecule has 27 heavy (non-hydrogen) atoms. The summed E-state index contributed by atoms with van der Waals surface area (Å²) in [5.74, 6) is 0.0233. The van der Waals surface area contributed by atoms with Crippen molar-refractivity contribution in [3.63, 3.8) is 0 Å². The molecule has 6 nitrogen and oxygen atoms in total. The Hall–Kier alpha value is -1.71. The average Bonchev–Trinajstić information content (AvgIpc) is 2.91. The zero-order valence-electron chi connectivity index (χ0n) is 15.2. The lowest BCUT2D eigenvalue weighted by Crippen LogP contribution is -2.50. The van der Waals surface area contributed by atoms with Crippen molar-refractivity contribution in [2.24, 2.45) is 0 Å². The van der Waals surface area contributed by atoms with Gasteiger partial charge in [0.15, 0.2) is 11.5 Å². The van der Waals surface area contributed by atoms with Crippen molar-refractivity contribution < 1.29 is 24.2 Å². The van der Waals surface area contributed by atoms with Crippen LogP contribution in [0.1, 0.15) is 18.9 Å². The summed E-state index contributed by atoms with van der Waals surface area (Å²) >= 11 is 7.83. The van der Waals surface area contributed by atoms with Crippen LogP contribution in [0.5, 0.6) is 11.5 Å². The number of carbonyl (C=O) groups excluding carboxylic acids is 2. The maximum atomic E-state index is 12.7. The molecule has 0 aliphatic carbocycles. The van der Waals surface area contributed by atoms with E-state index in [4.69, 9.17) is 21.7 Å². The third kappa shape index (κ3) is 5.18. The van der Waals surface area contributed by atoms with Gasteiger partial charge in [-0.05, 0) is 49.1 Å². The highest BCUT2D eigenvalue weighted by molar-refractivity contribution is 8.26. The van der Waals surface area contributed by atoms with Crippen LogP contribution in [-0.4, -0.2) is 52.9 Å². The van der Waals surface area contributed by atoms with E-state index in [0.717, 1.165) is 22.2 Å². The molecule has 0 radical (unpaired) electrons. The van der Waals surface area contributed by atoms with Gasteiger partial charge >= 0.3 is 0 Å². The predicted molar refractivity (Wildman–Crippen MR) is 111 cm³/mol. The fraction of sp³-hybridized carbons (Fsp3) is 0.389. The van der Waals surface area contributed by atoms with Gasteiger partial charge < -0.3 is 19.4 Å². The average molecular weight is 427 g/mol. The van der Waals surface area contributed by atoms with E-state index in [-0.39, 0.29) is 10.7 Å². The first kappa shape index (κ1) is 21.6. The maximum absolute atomic E-state index is 12.7. The van der Waals surface area contributed by atoms with E-state index in [1.54, 1.807) is 24.3 Å². The minimum Gasteiger partial charge on any atom is -0.548 e. The highest BCUT2D eigenvalue weighted by Crippen LogP contribution is 2.36. The highest BCUT2D eigenvalue weighted by Gasteiger charge is 2.37. The summed E-state index contributed by atoms with van der Waals surface area (Å²) in [7, 11) is 1.54. The van der Waals surface area contributed by atoms with Crippen LogP contribution in [0.15, 0.2) is 23.1 Å². The maximum Gasteiger partial charge on any atom is 0.266 e. The molecule has 1 heterocycles. The van der Waals surface area contributed by atoms with Crippen LogP contribution < -0.4 is 14.6 Å². The Morgan fingerprint density at radius 2 is 2.19 bits per heavy atom. The van der Waals surface area contributed by atoms with Crippen LogP contribution in [0.3, 0.4) is 0 Å². The molecule has 9 heteroatoms. The van der Waals surface area contributed by atoms with Crippen LogP contribution in [-0.2, 0) is 9.59 Å². The topological polar surface area (TPSA) is 78.9 Å². The molecule has 1 atom stereocenters. The number of aliphatic carboxylic acids is 1. The number of carbonyl (C=O) groups is 2. The number of hydrogen-bond acceptors (Lipinski definition) is 8. The Labute approximate surface area is 172 Å². The summed E-state index contributed by atoms with van der Waals surface area (Å²) in [6.07, 6.45) is 3.81. The Morgan fingerprint density at radius 3 is 2.78 bits per heavy atom. The quantitative estimate of drug-likeness (QED) is 0.439. The minimum absolute atomic E-state index is 0.222. The molecule has 1 saturated heterocycles. The first-order valence-corrected chi connectivity index (χ1v) is 10.8. The molecule has 0 N–H and O–H groups in total. The number of carboxylic acid groups (broad SMARTS) is 1. The Kier molecular flexibility index (Phi) is 8.00. The Morgan fingerprint density at radius 1 is 1.44 bits per heavy atom. The molecule has 0 bridgehead atoms. The Balaban J connectivity index is 2.28. The van der Waals surface area contributed by atoms with E-state index >= 15 is 0 Å². The fourth-order valence-electron chi connectivity index (χ4n) is 2.53. The summed E-state index contributed by atoms with van der Waals surface area (Å²) in [6, 6.07) is 4.24. The number of thiocarbonyl (C=S) groups is 1. The molecule has 0 saturated carbocycles. The number of nitrogens with zero attached hydrogens (tertiary/aromatic N) is 1. The zero-order valence-corrected chi connectivity index (χ0v) is 17.7. The molecule has 1 aromatic carbocycles. The number of rotatable bonds is 9. The monoisotopic (exact) mass is 426 g/mol. The smallest absolute Gasteiger partial charge is 0.266 e. The van der Waals surface area contributed by atoms with Crippen molar-refractivity contribution in [1.29, 1.82) is 0 Å². The molecule has 1 amide bonds. The molecular weight excluding hydrogens is 406 g/mol. The highest BCUT2D eigenvalue weighted by atomic mass is 32.2. The van der Waals surface area contributed by atoms with Crippen LogP contribution in [0, 0.1) is 0 Å². The van der Waals surface area contributed by atoms with Crippen molar-refractivity contribution in [2.45, 2.75) is 19.4 Å². The molecule has 0 spiro atoms. The molecular formula is C18H20NO5S3-. The van der Waals surface area contributed by atoms with Crippen molar-refractivity contribution in [3.8, 4) is 11.5 Å². The zero-order chi connectivity index (χ0) is 20.0. The first-order chi connectivity index (χ1) is 12.9. The standard InChI is InChI=1S/C18H21NO5S3/c1-4-24-13-6-5-11(9-14(13)23-2)10-15-16(20)19(18(25)27-15)12(17(21)22)7-8-26-3/h5-6,9-10,12H,4,7-8H2,1-3H3,(H,21,22)/p-1/b15-10-/t12-/m1/s1. The van der Waals surface area contributed by atoms with Crippen LogP contribution in [0.2, 0.25) is 0 Å². The minimum atomic E-state index is -1.30. The van der Waals surface area contributed by atoms with Crippen LogP contribution >= 0.6 is 35.7 Å². The van der Waals surface area contributed by atoms with Gasteiger partial charge in [0.1, 0.15) is 4.32 Å². The van der Waals surface area contributed by atoms with Gasteiger partial charge in [-0.15, -0.1) is 0 Å². The molecule has 1 aliphatic rings. The van der Waals surface area contributed by atoms with Gasteiger partial charge in [0.2, 0.25) is 0 Å². The summed E-state index contributed by atoms with van der Waals surface area (Å²) in [5.41, 5.74) is 0.727. The lowest BCUT2D eigenvalue weighted by atomic mass is 10.1. The number of ether oxygens (including phenoxy) is 2. The number of benzene rings is 1. The Bertz CT molecular complexity index is 765. The second kappa shape index (κ2) is 10.0. The van der Waals surface area contributed by atoms with Crippen molar-refractivity contribution in [1.82, 2.24) is 4.90 Å². The summed E-state index contributed by atoms with van der Waals surface area (Å²) in [4.78, 5) is 25.8. The largest absolute Gasteiger partial charge is 0.548 e. The van der Waals surface area contributed by atoms with Gasteiger partial charge in [-0.2, -0.15) is 11.8 Å². The van der Waals surface area contributed by atoms with Crippen molar-refractivity contribution >= 4 is 58.0 Å². The van der Waals surface area contributed by atoms with E-state index in [1.807, 2.05) is 13.2 Å². The van der Waals surface area contributed by atoms with E-state index in [1.165, 1.54) is 18.9 Å². The predicted octanol–water partition coefficient (Wildman–Crippen LogP) is 2.17. The molecule has 1 fully saturated rings. The normalized spacial score (nSPS) is 16.7. The number of methoxy groups -OCH3 is 1. The molecule has 1 aromatic rings. The summed E-state index contributed by atoms with van der Waals surface area (Å²) in [6.45, 7) is 2.39. The van der Waals surface area contributed by atoms with Gasteiger partial charge in [0.05, 0.1) is 30.6 Å². The van der Waals surface area contributed by atoms with E-state index in [9.17, 15) is 14.7 Å². The van der Waals surface area contributed by atoms with Gasteiger partial charge in [-0.3, -0.25) is 9.69 Å². The molecule has 0 unspecified atom stereocenters. The first-order valence-electron chi connectivity index (χ1n) is 8.20. The third-order valence-electron chi connectivity index (χ3n) is 3.79. The molecule has 1 aliphatic heterocycles. The van der Waals surface area contributed by atoms with Gasteiger partial charge in [0.25, 0.3) is 5.91 Å². The van der Waals surface area contributed by atoms with Gasteiger partial charge in [-0.1, -0.05) is 30.0 Å². The van der Waals surface area contributed by atoms with Crippen molar-refractivity contribution in [3.05, 3.63) is 28.7 Å². The van der Waals surface area contributed by atoms with Gasteiger partial charge in [-0.25, -0.2) is 0 Å². The lowest BCUT2D eigenvalue weighted by molar-refractivity contribution is -0.310. The fourth-order valence-corrected chi connectivity index (χ4v) is 4.35. The van der Waals surface area contributed by atoms with Gasteiger partial charge in [0, 0.05) is 0 Å². The summed E-state index contributed by atoms with van der Waals surface area (Å²) in [5, 5.41) is 11.5. The molecule has 0 aromatic heterocycles. The lowest BCUT2D eigenvalue weighted by Gasteiger charge is -2.27. The second-order valence-corrected chi connectivity index (χ2v) is 8.17. The molecule has 2 rings (SSSR count). The van der Waals surface area contributed by atoms with E-state index in [2.05, 4.69) is 0 Å². The van der Waals surface area contributed by atoms with E-state index < -0.39 is 17.9 Å².